The van der Waals surface area contributed by atoms with Crippen LogP contribution in [0.4, 0.5) is 0 Å². The van der Waals surface area contributed by atoms with Crippen LogP contribution in [-0.2, 0) is 9.59 Å². The first-order chi connectivity index (χ1) is 5.97. The van der Waals surface area contributed by atoms with Gasteiger partial charge < -0.3 is 5.32 Å². The SMILES string of the molecule is CCC(=O)C(C)NC(=O)CC(C)C. The maximum atomic E-state index is 11.2. The van der Waals surface area contributed by atoms with Gasteiger partial charge in [-0.1, -0.05) is 20.8 Å². The molecular weight excluding hydrogens is 166 g/mol. The fraction of sp³-hybridized carbons (Fsp3) is 0.800. The Morgan fingerprint density at radius 1 is 1.23 bits per heavy atom. The summed E-state index contributed by atoms with van der Waals surface area (Å²) in [5.74, 6) is 0.380. The summed E-state index contributed by atoms with van der Waals surface area (Å²) >= 11 is 0. The summed E-state index contributed by atoms with van der Waals surface area (Å²) in [6, 6.07) is -0.337. The average Bonchev–Trinajstić information content (AvgIpc) is 2.01. The largest absolute Gasteiger partial charge is 0.347 e. The molecule has 0 aromatic rings. The van der Waals surface area contributed by atoms with Gasteiger partial charge in [0.25, 0.3) is 0 Å². The number of carbonyl (C=O) groups excluding carboxylic acids is 2. The molecule has 13 heavy (non-hydrogen) atoms. The second kappa shape index (κ2) is 5.73. The first-order valence-electron chi connectivity index (χ1n) is 4.79. The highest BCUT2D eigenvalue weighted by atomic mass is 16.2. The van der Waals surface area contributed by atoms with Crippen molar-refractivity contribution in [2.45, 2.75) is 46.6 Å². The zero-order chi connectivity index (χ0) is 10.4. The molecule has 3 heteroatoms. The van der Waals surface area contributed by atoms with Gasteiger partial charge in [-0.2, -0.15) is 0 Å². The van der Waals surface area contributed by atoms with Gasteiger partial charge in [0.2, 0.25) is 5.91 Å². The van der Waals surface area contributed by atoms with Crippen LogP contribution in [0.25, 0.3) is 0 Å². The number of nitrogens with one attached hydrogen (secondary N) is 1. The molecule has 0 saturated carbocycles. The molecule has 0 saturated heterocycles. The van der Waals surface area contributed by atoms with Gasteiger partial charge >= 0.3 is 0 Å². The summed E-state index contributed by atoms with van der Waals surface area (Å²) in [6.07, 6.45) is 0.963. The third-order valence-electron chi connectivity index (χ3n) is 1.80. The van der Waals surface area contributed by atoms with Crippen LogP contribution in [0.5, 0.6) is 0 Å². The van der Waals surface area contributed by atoms with Crippen LogP contribution in [0, 0.1) is 5.92 Å². The van der Waals surface area contributed by atoms with Crippen LogP contribution in [0.3, 0.4) is 0 Å². The third kappa shape index (κ3) is 5.39. The molecule has 0 radical (unpaired) electrons. The second-order valence-electron chi connectivity index (χ2n) is 3.71. The second-order valence-corrected chi connectivity index (χ2v) is 3.71. The minimum Gasteiger partial charge on any atom is -0.347 e. The zero-order valence-corrected chi connectivity index (χ0v) is 8.89. The smallest absolute Gasteiger partial charge is 0.220 e. The molecule has 0 aliphatic heterocycles. The van der Waals surface area contributed by atoms with E-state index in [9.17, 15) is 9.59 Å². The maximum absolute atomic E-state index is 11.2. The lowest BCUT2D eigenvalue weighted by Gasteiger charge is -2.12. The molecule has 76 valence electrons. The Kier molecular flexibility index (Phi) is 5.35. The molecule has 0 aliphatic carbocycles. The van der Waals surface area contributed by atoms with Crippen molar-refractivity contribution < 1.29 is 9.59 Å². The molecule has 3 nitrogen and oxygen atoms in total. The molecule has 0 heterocycles. The third-order valence-corrected chi connectivity index (χ3v) is 1.80. The van der Waals surface area contributed by atoms with Gasteiger partial charge in [0, 0.05) is 12.8 Å². The number of Topliss-reactive ketones (excluding diaryl/α,β-unsaturated/α-hetero) is 1. The Balaban J connectivity index is 3.85. The van der Waals surface area contributed by atoms with E-state index in [1.54, 1.807) is 13.8 Å². The molecular formula is C10H19NO2. The summed E-state index contributed by atoms with van der Waals surface area (Å²) in [5, 5.41) is 2.67. The highest BCUT2D eigenvalue weighted by Gasteiger charge is 2.13. The number of hydrogen-bond donors (Lipinski definition) is 1. The Labute approximate surface area is 79.9 Å². The van der Waals surface area contributed by atoms with Crippen LogP contribution in [-0.4, -0.2) is 17.7 Å². The van der Waals surface area contributed by atoms with Crippen molar-refractivity contribution >= 4 is 11.7 Å². The van der Waals surface area contributed by atoms with Crippen molar-refractivity contribution in [1.82, 2.24) is 5.32 Å². The fourth-order valence-corrected chi connectivity index (χ4v) is 1.06. The van der Waals surface area contributed by atoms with Crippen molar-refractivity contribution in [3.63, 3.8) is 0 Å². The molecule has 1 unspecified atom stereocenters. The van der Waals surface area contributed by atoms with Crippen molar-refractivity contribution in [3.05, 3.63) is 0 Å². The summed E-state index contributed by atoms with van der Waals surface area (Å²) in [4.78, 5) is 22.3. The molecule has 0 spiro atoms. The van der Waals surface area contributed by atoms with Crippen LogP contribution in [0.2, 0.25) is 0 Å². The van der Waals surface area contributed by atoms with Gasteiger partial charge in [-0.15, -0.1) is 0 Å². The maximum Gasteiger partial charge on any atom is 0.220 e. The Morgan fingerprint density at radius 3 is 2.15 bits per heavy atom. The van der Waals surface area contributed by atoms with E-state index < -0.39 is 0 Å². The van der Waals surface area contributed by atoms with Crippen molar-refractivity contribution in [2.24, 2.45) is 5.92 Å². The Morgan fingerprint density at radius 2 is 1.77 bits per heavy atom. The number of ketones is 1. The molecule has 0 fully saturated rings. The van der Waals surface area contributed by atoms with Gasteiger partial charge in [-0.25, -0.2) is 0 Å². The summed E-state index contributed by atoms with van der Waals surface area (Å²) in [5.41, 5.74) is 0. The monoisotopic (exact) mass is 185 g/mol. The van der Waals surface area contributed by atoms with Gasteiger partial charge in [-0.3, -0.25) is 9.59 Å². The van der Waals surface area contributed by atoms with Crippen LogP contribution in [0.1, 0.15) is 40.5 Å². The first kappa shape index (κ1) is 12.1. The van der Waals surface area contributed by atoms with E-state index in [0.29, 0.717) is 18.8 Å². The van der Waals surface area contributed by atoms with Gasteiger partial charge in [0.1, 0.15) is 0 Å². The fourth-order valence-electron chi connectivity index (χ4n) is 1.06. The molecule has 0 aromatic carbocycles. The van der Waals surface area contributed by atoms with E-state index in [1.165, 1.54) is 0 Å². The molecule has 1 N–H and O–H groups in total. The van der Waals surface area contributed by atoms with Crippen molar-refractivity contribution in [2.75, 3.05) is 0 Å². The summed E-state index contributed by atoms with van der Waals surface area (Å²) in [7, 11) is 0. The van der Waals surface area contributed by atoms with Gasteiger partial charge in [-0.05, 0) is 12.8 Å². The lowest BCUT2D eigenvalue weighted by Crippen LogP contribution is -2.38. The van der Waals surface area contributed by atoms with Crippen LogP contribution < -0.4 is 5.32 Å². The Hall–Kier alpha value is -0.860. The van der Waals surface area contributed by atoms with E-state index in [0.717, 1.165) is 0 Å². The minimum absolute atomic E-state index is 0.0377. The predicted molar refractivity (Wildman–Crippen MR) is 52.4 cm³/mol. The topological polar surface area (TPSA) is 46.2 Å². The lowest BCUT2D eigenvalue weighted by atomic mass is 10.1. The highest BCUT2D eigenvalue weighted by molar-refractivity contribution is 5.88. The normalized spacial score (nSPS) is 12.7. The lowest BCUT2D eigenvalue weighted by molar-refractivity contribution is -0.127. The standard InChI is InChI=1S/C10H19NO2/c1-5-9(12)8(4)11-10(13)6-7(2)3/h7-8H,5-6H2,1-4H3,(H,11,13). The first-order valence-corrected chi connectivity index (χ1v) is 4.79. The molecule has 0 rings (SSSR count). The van der Waals surface area contributed by atoms with E-state index >= 15 is 0 Å². The summed E-state index contributed by atoms with van der Waals surface area (Å²) in [6.45, 7) is 7.48. The predicted octanol–water partition coefficient (Wildman–Crippen LogP) is 1.52. The minimum atomic E-state index is -0.337. The zero-order valence-electron chi connectivity index (χ0n) is 8.89. The number of hydrogen-bond acceptors (Lipinski definition) is 2. The van der Waals surface area contributed by atoms with E-state index in [1.807, 2.05) is 13.8 Å². The number of amides is 1. The summed E-state index contributed by atoms with van der Waals surface area (Å²) < 4.78 is 0. The molecule has 0 bridgehead atoms. The average molecular weight is 185 g/mol. The van der Waals surface area contributed by atoms with Crippen molar-refractivity contribution in [3.8, 4) is 0 Å². The number of carbonyl (C=O) groups is 2. The Bertz CT molecular complexity index is 187. The molecule has 0 aromatic heterocycles. The van der Waals surface area contributed by atoms with Crippen LogP contribution in [0.15, 0.2) is 0 Å². The van der Waals surface area contributed by atoms with Crippen molar-refractivity contribution in [1.29, 1.82) is 0 Å². The molecule has 0 aliphatic rings. The van der Waals surface area contributed by atoms with E-state index in [-0.39, 0.29) is 17.7 Å². The van der Waals surface area contributed by atoms with Crippen LogP contribution >= 0.6 is 0 Å². The van der Waals surface area contributed by atoms with E-state index in [4.69, 9.17) is 0 Å². The quantitative estimate of drug-likeness (QED) is 0.705. The van der Waals surface area contributed by atoms with Gasteiger partial charge in [0.05, 0.1) is 6.04 Å². The molecule has 1 atom stereocenters. The van der Waals surface area contributed by atoms with E-state index in [2.05, 4.69) is 5.32 Å². The molecule has 1 amide bonds. The number of rotatable bonds is 5. The highest BCUT2D eigenvalue weighted by Crippen LogP contribution is 1.99. The van der Waals surface area contributed by atoms with Gasteiger partial charge in [0.15, 0.2) is 5.78 Å².